The van der Waals surface area contributed by atoms with Crippen molar-refractivity contribution in [1.29, 1.82) is 0 Å². The number of nitrogens with two attached hydrogens (primary N) is 1. The molecule has 2 rings (SSSR count). The molecule has 2 aromatic rings. The zero-order valence-electron chi connectivity index (χ0n) is 10.5. The zero-order chi connectivity index (χ0) is 13.1. The summed E-state index contributed by atoms with van der Waals surface area (Å²) >= 11 is 1.64. The maximum Gasteiger partial charge on any atom is 0.253 e. The minimum Gasteiger partial charge on any atom is -0.398 e. The molecule has 1 aromatic carbocycles. The number of thiophene rings is 1. The van der Waals surface area contributed by atoms with E-state index in [2.05, 4.69) is 10.7 Å². The molecule has 0 aliphatic heterocycles. The fourth-order valence-corrected chi connectivity index (χ4v) is 2.58. The number of amides is 1. The summed E-state index contributed by atoms with van der Waals surface area (Å²) in [6.45, 7) is 4.53. The largest absolute Gasteiger partial charge is 0.398 e. The van der Waals surface area contributed by atoms with Gasteiger partial charge in [0.2, 0.25) is 0 Å². The van der Waals surface area contributed by atoms with Gasteiger partial charge in [-0.25, -0.2) is 0 Å². The Morgan fingerprint density at radius 3 is 2.72 bits per heavy atom. The van der Waals surface area contributed by atoms with E-state index in [-0.39, 0.29) is 5.91 Å². The molecule has 0 saturated carbocycles. The van der Waals surface area contributed by atoms with Crippen molar-refractivity contribution >= 4 is 22.9 Å². The lowest BCUT2D eigenvalue weighted by Crippen LogP contribution is -2.23. The number of nitrogens with one attached hydrogen (secondary N) is 1. The van der Waals surface area contributed by atoms with E-state index in [1.54, 1.807) is 17.4 Å². The Morgan fingerprint density at radius 2 is 2.11 bits per heavy atom. The van der Waals surface area contributed by atoms with Gasteiger partial charge < -0.3 is 11.1 Å². The van der Waals surface area contributed by atoms with E-state index in [1.165, 1.54) is 5.56 Å². The summed E-state index contributed by atoms with van der Waals surface area (Å²) in [5, 5.41) is 7.01. The van der Waals surface area contributed by atoms with E-state index in [9.17, 15) is 4.79 Å². The Labute approximate surface area is 111 Å². The topological polar surface area (TPSA) is 55.1 Å². The third-order valence-electron chi connectivity index (χ3n) is 2.85. The van der Waals surface area contributed by atoms with Crippen LogP contribution in [0.25, 0.3) is 0 Å². The number of nitrogen functional groups attached to an aromatic ring is 1. The van der Waals surface area contributed by atoms with Crippen molar-refractivity contribution < 1.29 is 4.79 Å². The maximum atomic E-state index is 12.0. The van der Waals surface area contributed by atoms with Crippen LogP contribution < -0.4 is 11.1 Å². The van der Waals surface area contributed by atoms with Crippen LogP contribution in [0, 0.1) is 13.8 Å². The van der Waals surface area contributed by atoms with E-state index < -0.39 is 0 Å². The highest BCUT2D eigenvalue weighted by Gasteiger charge is 2.09. The average Bonchev–Trinajstić information content (AvgIpc) is 2.72. The van der Waals surface area contributed by atoms with Crippen molar-refractivity contribution in [3.05, 3.63) is 51.2 Å². The summed E-state index contributed by atoms with van der Waals surface area (Å²) in [5.74, 6) is -0.127. The third-order valence-corrected chi connectivity index (χ3v) is 3.76. The third kappa shape index (κ3) is 2.71. The van der Waals surface area contributed by atoms with Gasteiger partial charge in [0, 0.05) is 12.2 Å². The van der Waals surface area contributed by atoms with Gasteiger partial charge in [-0.3, -0.25) is 4.79 Å². The lowest BCUT2D eigenvalue weighted by atomic mass is 10.1. The van der Waals surface area contributed by atoms with Gasteiger partial charge in [-0.15, -0.1) is 0 Å². The number of hydrogen-bond acceptors (Lipinski definition) is 3. The van der Waals surface area contributed by atoms with Crippen LogP contribution in [0.5, 0.6) is 0 Å². The lowest BCUT2D eigenvalue weighted by molar-refractivity contribution is 0.0952. The molecule has 3 nitrogen and oxygen atoms in total. The van der Waals surface area contributed by atoms with Gasteiger partial charge in [0.1, 0.15) is 0 Å². The van der Waals surface area contributed by atoms with Gasteiger partial charge in [-0.2, -0.15) is 11.3 Å². The smallest absolute Gasteiger partial charge is 0.253 e. The maximum absolute atomic E-state index is 12.0. The fourth-order valence-electron chi connectivity index (χ4n) is 1.73. The van der Waals surface area contributed by atoms with Gasteiger partial charge >= 0.3 is 0 Å². The normalized spacial score (nSPS) is 10.3. The van der Waals surface area contributed by atoms with E-state index in [0.29, 0.717) is 17.8 Å². The van der Waals surface area contributed by atoms with Crippen LogP contribution in [0.1, 0.15) is 27.0 Å². The fraction of sp³-hybridized carbons (Fsp3) is 0.214. The number of anilines is 1. The molecule has 18 heavy (non-hydrogen) atoms. The first-order chi connectivity index (χ1) is 8.58. The van der Waals surface area contributed by atoms with Crippen molar-refractivity contribution in [2.75, 3.05) is 5.73 Å². The number of rotatable bonds is 3. The van der Waals surface area contributed by atoms with Crippen LogP contribution in [0.15, 0.2) is 29.0 Å². The second-order valence-electron chi connectivity index (χ2n) is 4.35. The van der Waals surface area contributed by atoms with Gasteiger partial charge in [0.25, 0.3) is 5.91 Å². The monoisotopic (exact) mass is 260 g/mol. The van der Waals surface area contributed by atoms with Gasteiger partial charge in [-0.1, -0.05) is 6.07 Å². The molecule has 0 aliphatic rings. The second kappa shape index (κ2) is 5.23. The molecule has 1 aromatic heterocycles. The highest BCUT2D eigenvalue weighted by molar-refractivity contribution is 7.08. The van der Waals surface area contributed by atoms with E-state index in [1.807, 2.05) is 31.4 Å². The van der Waals surface area contributed by atoms with Crippen molar-refractivity contribution in [2.24, 2.45) is 0 Å². The molecule has 0 bridgehead atoms. The molecule has 0 atom stereocenters. The molecule has 0 radical (unpaired) electrons. The summed E-state index contributed by atoms with van der Waals surface area (Å²) in [4.78, 5) is 12.0. The highest BCUT2D eigenvalue weighted by atomic mass is 32.1. The van der Waals surface area contributed by atoms with Crippen LogP contribution in [-0.4, -0.2) is 5.91 Å². The molecule has 0 aliphatic carbocycles. The Morgan fingerprint density at radius 1 is 1.33 bits per heavy atom. The summed E-state index contributed by atoms with van der Waals surface area (Å²) in [6.07, 6.45) is 0. The molecule has 0 spiro atoms. The first-order valence-electron chi connectivity index (χ1n) is 5.74. The van der Waals surface area contributed by atoms with Crippen LogP contribution in [0.4, 0.5) is 5.69 Å². The molecule has 0 saturated heterocycles. The first kappa shape index (κ1) is 12.6. The average molecular weight is 260 g/mol. The summed E-state index contributed by atoms with van der Waals surface area (Å²) in [6, 6.07) is 5.46. The predicted octanol–water partition coefficient (Wildman–Crippen LogP) is 2.88. The number of carbonyl (C=O) groups excluding carboxylic acids is 1. The van der Waals surface area contributed by atoms with Crippen LogP contribution in [-0.2, 0) is 6.54 Å². The van der Waals surface area contributed by atoms with Crippen molar-refractivity contribution in [3.8, 4) is 0 Å². The standard InChI is InChI=1S/C14H16N2OS/c1-9-3-4-12(13(15)5-9)14(17)16-6-11-8-18-7-10(11)2/h3-5,7-8H,6,15H2,1-2H3,(H,16,17). The Balaban J connectivity index is 2.06. The molecule has 1 heterocycles. The SMILES string of the molecule is Cc1ccc(C(=O)NCc2cscc2C)c(N)c1. The summed E-state index contributed by atoms with van der Waals surface area (Å²) < 4.78 is 0. The summed E-state index contributed by atoms with van der Waals surface area (Å²) in [5.41, 5.74) is 10.3. The minimum absolute atomic E-state index is 0.127. The predicted molar refractivity (Wildman–Crippen MR) is 75.8 cm³/mol. The Kier molecular flexibility index (Phi) is 3.67. The van der Waals surface area contributed by atoms with E-state index >= 15 is 0 Å². The number of carbonyl (C=O) groups is 1. The molecule has 4 heteroatoms. The zero-order valence-corrected chi connectivity index (χ0v) is 11.3. The molecular formula is C14H16N2OS. The Hall–Kier alpha value is -1.81. The van der Waals surface area contributed by atoms with E-state index in [0.717, 1.165) is 11.1 Å². The number of aryl methyl sites for hydroxylation is 2. The quantitative estimate of drug-likeness (QED) is 0.834. The Bertz CT molecular complexity index is 575. The van der Waals surface area contributed by atoms with Crippen molar-refractivity contribution in [2.45, 2.75) is 20.4 Å². The molecule has 0 unspecified atom stereocenters. The van der Waals surface area contributed by atoms with Crippen LogP contribution in [0.2, 0.25) is 0 Å². The molecule has 94 valence electrons. The lowest BCUT2D eigenvalue weighted by Gasteiger charge is -2.08. The van der Waals surface area contributed by atoms with Crippen LogP contribution in [0.3, 0.4) is 0 Å². The minimum atomic E-state index is -0.127. The molecule has 0 fully saturated rings. The number of benzene rings is 1. The van der Waals surface area contributed by atoms with Gasteiger partial charge in [0.05, 0.1) is 5.56 Å². The van der Waals surface area contributed by atoms with Gasteiger partial charge in [-0.05, 0) is 53.4 Å². The number of hydrogen-bond donors (Lipinski definition) is 2. The highest BCUT2D eigenvalue weighted by Crippen LogP contribution is 2.15. The second-order valence-corrected chi connectivity index (χ2v) is 5.10. The van der Waals surface area contributed by atoms with Crippen molar-refractivity contribution in [1.82, 2.24) is 5.32 Å². The summed E-state index contributed by atoms with van der Waals surface area (Å²) in [7, 11) is 0. The van der Waals surface area contributed by atoms with Crippen LogP contribution >= 0.6 is 11.3 Å². The van der Waals surface area contributed by atoms with Crippen molar-refractivity contribution in [3.63, 3.8) is 0 Å². The molecule has 1 amide bonds. The van der Waals surface area contributed by atoms with Gasteiger partial charge in [0.15, 0.2) is 0 Å². The van der Waals surface area contributed by atoms with E-state index in [4.69, 9.17) is 5.73 Å². The first-order valence-corrected chi connectivity index (χ1v) is 6.68. The molecule has 3 N–H and O–H groups in total. The molecular weight excluding hydrogens is 244 g/mol.